The number of hydrogen-bond donors (Lipinski definition) is 1. The van der Waals surface area contributed by atoms with Gasteiger partial charge in [0.1, 0.15) is 11.9 Å². The molecule has 0 aliphatic carbocycles. The highest BCUT2D eigenvalue weighted by atomic mass is 32.2. The molecule has 0 aliphatic heterocycles. The van der Waals surface area contributed by atoms with Crippen molar-refractivity contribution >= 4 is 17.4 Å². The van der Waals surface area contributed by atoms with Crippen molar-refractivity contribution in [2.45, 2.75) is 18.6 Å². The maximum absolute atomic E-state index is 12.9. The van der Waals surface area contributed by atoms with Gasteiger partial charge in [0.2, 0.25) is 0 Å². The van der Waals surface area contributed by atoms with Gasteiger partial charge in [0, 0.05) is 11.3 Å². The lowest BCUT2D eigenvalue weighted by atomic mass is 10.1. The Hall–Kier alpha value is -1.21. The van der Waals surface area contributed by atoms with Gasteiger partial charge < -0.3 is 5.32 Å². The molecule has 0 saturated carbocycles. The predicted molar refractivity (Wildman–Crippen MR) is 67.2 cm³/mol. The summed E-state index contributed by atoms with van der Waals surface area (Å²) in [6.45, 7) is 4.95. The van der Waals surface area contributed by atoms with E-state index in [4.69, 9.17) is 5.26 Å². The molecule has 1 aromatic rings. The van der Waals surface area contributed by atoms with Crippen molar-refractivity contribution in [3.8, 4) is 6.07 Å². The molecular weight excluding hydrogens is 223 g/mol. The van der Waals surface area contributed by atoms with Crippen LogP contribution in [0.5, 0.6) is 0 Å². The van der Waals surface area contributed by atoms with Crippen LogP contribution in [0.3, 0.4) is 0 Å². The summed E-state index contributed by atoms with van der Waals surface area (Å²) in [4.78, 5) is 0. The summed E-state index contributed by atoms with van der Waals surface area (Å²) in [5.41, 5.74) is 1.03. The lowest BCUT2D eigenvalue weighted by Gasteiger charge is -2.23. The summed E-state index contributed by atoms with van der Waals surface area (Å²) in [7, 11) is 0. The maximum Gasteiger partial charge on any atom is 0.124 e. The molecule has 0 bridgehead atoms. The molecule has 4 heteroatoms. The third kappa shape index (κ3) is 3.42. The highest BCUT2D eigenvalue weighted by Crippen LogP contribution is 2.23. The summed E-state index contributed by atoms with van der Waals surface area (Å²) in [6.07, 6.45) is 2.04. The van der Waals surface area contributed by atoms with Crippen molar-refractivity contribution in [2.75, 3.05) is 18.1 Å². The van der Waals surface area contributed by atoms with E-state index in [9.17, 15) is 4.39 Å². The average molecular weight is 238 g/mol. The maximum atomic E-state index is 12.9. The van der Waals surface area contributed by atoms with E-state index in [1.54, 1.807) is 17.8 Å². The molecule has 0 saturated heterocycles. The van der Waals surface area contributed by atoms with E-state index in [-0.39, 0.29) is 10.6 Å². The molecule has 0 spiro atoms. The first-order valence-corrected chi connectivity index (χ1v) is 6.19. The van der Waals surface area contributed by atoms with Gasteiger partial charge in [-0.3, -0.25) is 0 Å². The zero-order chi connectivity index (χ0) is 12.2. The van der Waals surface area contributed by atoms with Crippen LogP contribution in [0.4, 0.5) is 10.1 Å². The zero-order valence-electron chi connectivity index (χ0n) is 9.67. The van der Waals surface area contributed by atoms with E-state index in [0.717, 1.165) is 6.54 Å². The van der Waals surface area contributed by atoms with Gasteiger partial charge in [0.15, 0.2) is 0 Å². The van der Waals surface area contributed by atoms with E-state index < -0.39 is 0 Å². The summed E-state index contributed by atoms with van der Waals surface area (Å²) in [5, 5.41) is 12.0. The Bertz CT molecular complexity index is 410. The van der Waals surface area contributed by atoms with E-state index in [1.807, 2.05) is 12.3 Å². The number of nitrogens with zero attached hydrogens (tertiary/aromatic N) is 1. The molecule has 1 rings (SSSR count). The molecule has 86 valence electrons. The molecule has 0 aromatic heterocycles. The number of thioether (sulfide) groups is 1. The Labute approximate surface area is 99.9 Å². The van der Waals surface area contributed by atoms with E-state index in [1.165, 1.54) is 12.1 Å². The second kappa shape index (κ2) is 5.22. The number of rotatable bonds is 4. The summed E-state index contributed by atoms with van der Waals surface area (Å²) < 4.78 is 13.0. The van der Waals surface area contributed by atoms with Gasteiger partial charge in [-0.2, -0.15) is 17.0 Å². The Kier molecular flexibility index (Phi) is 4.19. The van der Waals surface area contributed by atoms with Crippen molar-refractivity contribution in [1.29, 1.82) is 5.26 Å². The quantitative estimate of drug-likeness (QED) is 0.874. The topological polar surface area (TPSA) is 35.8 Å². The van der Waals surface area contributed by atoms with Crippen LogP contribution in [0.2, 0.25) is 0 Å². The molecule has 2 nitrogen and oxygen atoms in total. The van der Waals surface area contributed by atoms with Crippen molar-refractivity contribution in [1.82, 2.24) is 0 Å². The minimum atomic E-state index is -0.383. The lowest BCUT2D eigenvalue weighted by molar-refractivity contribution is 0.627. The van der Waals surface area contributed by atoms with Crippen LogP contribution in [0.15, 0.2) is 18.2 Å². The highest BCUT2D eigenvalue weighted by molar-refractivity contribution is 7.99. The number of nitrogens with one attached hydrogen (secondary N) is 1. The molecule has 0 unspecified atom stereocenters. The predicted octanol–water partition coefficient (Wildman–Crippen LogP) is 3.25. The number of benzene rings is 1. The molecule has 0 amide bonds. The number of halogens is 1. The Morgan fingerprint density at radius 2 is 2.19 bits per heavy atom. The van der Waals surface area contributed by atoms with Gasteiger partial charge in [-0.05, 0) is 38.3 Å². The fourth-order valence-corrected chi connectivity index (χ4v) is 1.36. The molecule has 16 heavy (non-hydrogen) atoms. The van der Waals surface area contributed by atoms with Gasteiger partial charge in [0.05, 0.1) is 11.3 Å². The lowest BCUT2D eigenvalue weighted by Crippen LogP contribution is -2.26. The van der Waals surface area contributed by atoms with Crippen molar-refractivity contribution in [3.63, 3.8) is 0 Å². The highest BCUT2D eigenvalue weighted by Gasteiger charge is 2.16. The Balaban J connectivity index is 2.79. The van der Waals surface area contributed by atoms with Crippen LogP contribution in [0, 0.1) is 17.1 Å². The van der Waals surface area contributed by atoms with Crippen molar-refractivity contribution < 1.29 is 4.39 Å². The van der Waals surface area contributed by atoms with Crippen LogP contribution in [0.25, 0.3) is 0 Å². The second-order valence-corrected chi connectivity index (χ2v) is 5.63. The first-order valence-electron chi connectivity index (χ1n) is 4.97. The third-order valence-electron chi connectivity index (χ3n) is 2.36. The van der Waals surface area contributed by atoms with E-state index in [0.29, 0.717) is 11.3 Å². The third-order valence-corrected chi connectivity index (χ3v) is 3.61. The number of hydrogen-bond acceptors (Lipinski definition) is 3. The van der Waals surface area contributed by atoms with Gasteiger partial charge in [0.25, 0.3) is 0 Å². The smallest absolute Gasteiger partial charge is 0.124 e. The van der Waals surface area contributed by atoms with Crippen LogP contribution >= 0.6 is 11.8 Å². The fourth-order valence-electron chi connectivity index (χ4n) is 1.14. The standard InChI is InChI=1S/C12H15FN2S/c1-12(2,16-3)8-15-11-5-4-10(13)6-9(11)7-14/h4-6,15H,8H2,1-3H3. The Morgan fingerprint density at radius 1 is 1.50 bits per heavy atom. The zero-order valence-corrected chi connectivity index (χ0v) is 10.5. The molecule has 1 aromatic carbocycles. The number of nitriles is 1. The minimum absolute atomic E-state index is 0.0844. The Morgan fingerprint density at radius 3 is 2.75 bits per heavy atom. The largest absolute Gasteiger partial charge is 0.383 e. The molecule has 0 radical (unpaired) electrons. The van der Waals surface area contributed by atoms with Crippen molar-refractivity contribution in [2.24, 2.45) is 0 Å². The van der Waals surface area contributed by atoms with E-state index in [2.05, 4.69) is 19.2 Å². The molecule has 1 N–H and O–H groups in total. The van der Waals surface area contributed by atoms with Crippen molar-refractivity contribution in [3.05, 3.63) is 29.6 Å². The van der Waals surface area contributed by atoms with Crippen LogP contribution in [0.1, 0.15) is 19.4 Å². The molecule has 0 heterocycles. The fraction of sp³-hybridized carbons (Fsp3) is 0.417. The van der Waals surface area contributed by atoms with Gasteiger partial charge in [-0.15, -0.1) is 0 Å². The molecule has 0 fully saturated rings. The van der Waals surface area contributed by atoms with Crippen LogP contribution in [-0.4, -0.2) is 17.5 Å². The molecular formula is C12H15FN2S. The first kappa shape index (κ1) is 12.9. The first-order chi connectivity index (χ1) is 7.48. The number of anilines is 1. The summed E-state index contributed by atoms with van der Waals surface area (Å²) >= 11 is 1.74. The van der Waals surface area contributed by atoms with Crippen LogP contribution < -0.4 is 5.32 Å². The SMILES string of the molecule is CSC(C)(C)CNc1ccc(F)cc1C#N. The average Bonchev–Trinajstić information content (AvgIpc) is 2.27. The van der Waals surface area contributed by atoms with Crippen LogP contribution in [-0.2, 0) is 0 Å². The normalized spacial score (nSPS) is 10.9. The minimum Gasteiger partial charge on any atom is -0.383 e. The molecule has 0 aliphatic rings. The van der Waals surface area contributed by atoms with Gasteiger partial charge in [-0.1, -0.05) is 0 Å². The monoisotopic (exact) mass is 238 g/mol. The molecule has 0 atom stereocenters. The summed E-state index contributed by atoms with van der Waals surface area (Å²) in [6, 6.07) is 6.18. The van der Waals surface area contributed by atoms with Gasteiger partial charge in [-0.25, -0.2) is 4.39 Å². The second-order valence-electron chi connectivity index (χ2n) is 4.12. The van der Waals surface area contributed by atoms with Gasteiger partial charge >= 0.3 is 0 Å². The summed E-state index contributed by atoms with van der Waals surface area (Å²) in [5.74, 6) is -0.383. The van der Waals surface area contributed by atoms with E-state index >= 15 is 0 Å².